The number of fused-ring (bicyclic) bond motifs is 1. The molecule has 0 unspecified atom stereocenters. The minimum atomic E-state index is 0.356. The van der Waals surface area contributed by atoms with E-state index in [1.54, 1.807) is 0 Å². The molecule has 1 aromatic carbocycles. The molecule has 0 N–H and O–H groups in total. The van der Waals surface area contributed by atoms with Crippen molar-refractivity contribution in [3.05, 3.63) is 58.9 Å². The molecule has 21 heavy (non-hydrogen) atoms. The SMILES string of the molecule is Cc1ccc(-c2nc3cccc(C)n3c2CC#N)c(C)c1. The Morgan fingerprint density at radius 3 is 2.67 bits per heavy atom. The summed E-state index contributed by atoms with van der Waals surface area (Å²) in [5.74, 6) is 0. The van der Waals surface area contributed by atoms with E-state index in [0.717, 1.165) is 28.3 Å². The van der Waals surface area contributed by atoms with Gasteiger partial charge in [0.1, 0.15) is 5.65 Å². The van der Waals surface area contributed by atoms with Crippen molar-refractivity contribution in [3.63, 3.8) is 0 Å². The van der Waals surface area contributed by atoms with Crippen LogP contribution in [0.5, 0.6) is 0 Å². The molecular formula is C18H17N3. The molecule has 3 heteroatoms. The summed E-state index contributed by atoms with van der Waals surface area (Å²) in [4.78, 5) is 4.76. The lowest BCUT2D eigenvalue weighted by molar-refractivity contribution is 1.00. The van der Waals surface area contributed by atoms with Gasteiger partial charge in [0, 0.05) is 11.3 Å². The predicted molar refractivity (Wildman–Crippen MR) is 84.2 cm³/mol. The molecule has 0 bridgehead atoms. The highest BCUT2D eigenvalue weighted by Gasteiger charge is 2.16. The zero-order valence-electron chi connectivity index (χ0n) is 12.5. The molecule has 0 atom stereocenters. The van der Waals surface area contributed by atoms with Gasteiger partial charge in [-0.3, -0.25) is 4.40 Å². The highest BCUT2D eigenvalue weighted by atomic mass is 15.0. The van der Waals surface area contributed by atoms with Gasteiger partial charge < -0.3 is 0 Å². The lowest BCUT2D eigenvalue weighted by Crippen LogP contribution is -1.97. The molecule has 0 amide bonds. The smallest absolute Gasteiger partial charge is 0.137 e. The zero-order chi connectivity index (χ0) is 15.0. The van der Waals surface area contributed by atoms with E-state index in [4.69, 9.17) is 4.98 Å². The second-order valence-electron chi connectivity index (χ2n) is 5.42. The van der Waals surface area contributed by atoms with Crippen molar-refractivity contribution in [2.75, 3.05) is 0 Å². The number of imidazole rings is 1. The number of nitriles is 1. The Bertz CT molecular complexity index is 866. The lowest BCUT2D eigenvalue weighted by atomic mass is 10.0. The zero-order valence-corrected chi connectivity index (χ0v) is 12.5. The van der Waals surface area contributed by atoms with Gasteiger partial charge in [-0.25, -0.2) is 4.98 Å². The molecule has 3 rings (SSSR count). The molecule has 0 aliphatic carbocycles. The molecule has 0 saturated carbocycles. The van der Waals surface area contributed by atoms with Crippen LogP contribution in [0.15, 0.2) is 36.4 Å². The van der Waals surface area contributed by atoms with E-state index in [-0.39, 0.29) is 0 Å². The summed E-state index contributed by atoms with van der Waals surface area (Å²) >= 11 is 0. The summed E-state index contributed by atoms with van der Waals surface area (Å²) in [5, 5.41) is 9.18. The first-order chi connectivity index (χ1) is 10.1. The highest BCUT2D eigenvalue weighted by Crippen LogP contribution is 2.29. The first-order valence-electron chi connectivity index (χ1n) is 7.03. The quantitative estimate of drug-likeness (QED) is 0.709. The molecule has 0 saturated heterocycles. The maximum Gasteiger partial charge on any atom is 0.137 e. The van der Waals surface area contributed by atoms with Crippen molar-refractivity contribution in [1.29, 1.82) is 5.26 Å². The molecule has 2 aromatic heterocycles. The van der Waals surface area contributed by atoms with E-state index in [1.807, 2.05) is 25.1 Å². The van der Waals surface area contributed by atoms with Gasteiger partial charge in [0.25, 0.3) is 0 Å². The number of nitrogens with zero attached hydrogens (tertiary/aromatic N) is 3. The van der Waals surface area contributed by atoms with E-state index in [2.05, 4.69) is 42.5 Å². The van der Waals surface area contributed by atoms with Crippen LogP contribution in [0.3, 0.4) is 0 Å². The van der Waals surface area contributed by atoms with Gasteiger partial charge in [-0.2, -0.15) is 5.26 Å². The molecule has 0 aliphatic rings. The Balaban J connectivity index is 2.34. The third kappa shape index (κ3) is 2.19. The second-order valence-corrected chi connectivity index (χ2v) is 5.42. The van der Waals surface area contributed by atoms with Gasteiger partial charge in [-0.1, -0.05) is 29.8 Å². The standard InChI is InChI=1S/C18H17N3/c1-12-7-8-15(13(2)11-12)18-16(9-10-19)21-14(3)5-4-6-17(21)20-18/h4-8,11H,9H2,1-3H3. The molecule has 0 radical (unpaired) electrons. The Kier molecular flexibility index (Phi) is 3.23. The van der Waals surface area contributed by atoms with Crippen LogP contribution < -0.4 is 0 Å². The first-order valence-corrected chi connectivity index (χ1v) is 7.03. The van der Waals surface area contributed by atoms with Crippen LogP contribution in [0.4, 0.5) is 0 Å². The molecule has 0 spiro atoms. The second kappa shape index (κ2) is 5.06. The van der Waals surface area contributed by atoms with Crippen LogP contribution in [0.25, 0.3) is 16.9 Å². The summed E-state index contributed by atoms with van der Waals surface area (Å²) < 4.78 is 2.08. The van der Waals surface area contributed by atoms with Crippen LogP contribution in [0, 0.1) is 32.1 Å². The average Bonchev–Trinajstić information content (AvgIpc) is 2.79. The van der Waals surface area contributed by atoms with E-state index in [1.165, 1.54) is 11.1 Å². The van der Waals surface area contributed by atoms with Gasteiger partial charge in [0.15, 0.2) is 0 Å². The van der Waals surface area contributed by atoms with Crippen LogP contribution in [0.2, 0.25) is 0 Å². The van der Waals surface area contributed by atoms with Crippen molar-refractivity contribution in [3.8, 4) is 17.3 Å². The maximum atomic E-state index is 9.18. The maximum absolute atomic E-state index is 9.18. The van der Waals surface area contributed by atoms with Crippen molar-refractivity contribution in [1.82, 2.24) is 9.38 Å². The molecular weight excluding hydrogens is 258 g/mol. The van der Waals surface area contributed by atoms with Gasteiger partial charge in [-0.15, -0.1) is 0 Å². The van der Waals surface area contributed by atoms with Crippen LogP contribution in [-0.2, 0) is 6.42 Å². The summed E-state index contributed by atoms with van der Waals surface area (Å²) in [6, 6.07) is 14.6. The van der Waals surface area contributed by atoms with Crippen molar-refractivity contribution in [2.45, 2.75) is 27.2 Å². The highest BCUT2D eigenvalue weighted by molar-refractivity contribution is 5.70. The van der Waals surface area contributed by atoms with E-state index >= 15 is 0 Å². The molecule has 3 aromatic rings. The molecule has 104 valence electrons. The van der Waals surface area contributed by atoms with Crippen molar-refractivity contribution in [2.24, 2.45) is 0 Å². The van der Waals surface area contributed by atoms with Crippen molar-refractivity contribution < 1.29 is 0 Å². The van der Waals surface area contributed by atoms with Gasteiger partial charge in [0.2, 0.25) is 0 Å². The van der Waals surface area contributed by atoms with Gasteiger partial charge in [-0.05, 0) is 38.5 Å². The molecule has 0 fully saturated rings. The first kappa shape index (κ1) is 13.4. The Morgan fingerprint density at radius 1 is 1.14 bits per heavy atom. The molecule has 0 aliphatic heterocycles. The van der Waals surface area contributed by atoms with Gasteiger partial charge >= 0.3 is 0 Å². The number of aromatic nitrogens is 2. The number of pyridine rings is 1. The lowest BCUT2D eigenvalue weighted by Gasteiger charge is -2.07. The van der Waals surface area contributed by atoms with E-state index < -0.39 is 0 Å². The van der Waals surface area contributed by atoms with Crippen LogP contribution >= 0.6 is 0 Å². The number of benzene rings is 1. The third-order valence-electron chi connectivity index (χ3n) is 3.82. The van der Waals surface area contributed by atoms with E-state index in [0.29, 0.717) is 6.42 Å². The molecule has 3 nitrogen and oxygen atoms in total. The largest absolute Gasteiger partial charge is 0.300 e. The van der Waals surface area contributed by atoms with Gasteiger partial charge in [0.05, 0.1) is 23.9 Å². The number of hydrogen-bond donors (Lipinski definition) is 0. The topological polar surface area (TPSA) is 41.1 Å². The monoisotopic (exact) mass is 275 g/mol. The van der Waals surface area contributed by atoms with Crippen molar-refractivity contribution >= 4 is 5.65 Å². The van der Waals surface area contributed by atoms with Crippen LogP contribution in [0.1, 0.15) is 22.5 Å². The fraction of sp³-hybridized carbons (Fsp3) is 0.222. The minimum Gasteiger partial charge on any atom is -0.300 e. The fourth-order valence-corrected chi connectivity index (χ4v) is 2.86. The average molecular weight is 275 g/mol. The normalized spacial score (nSPS) is 10.8. The summed E-state index contributed by atoms with van der Waals surface area (Å²) in [6.45, 7) is 6.22. The number of rotatable bonds is 2. The predicted octanol–water partition coefficient (Wildman–Crippen LogP) is 3.99. The number of aryl methyl sites for hydroxylation is 3. The molecule has 2 heterocycles. The Hall–Kier alpha value is -2.60. The summed E-state index contributed by atoms with van der Waals surface area (Å²) in [5.41, 5.74) is 7.42. The third-order valence-corrected chi connectivity index (χ3v) is 3.82. The van der Waals surface area contributed by atoms with E-state index in [9.17, 15) is 5.26 Å². The number of hydrogen-bond acceptors (Lipinski definition) is 2. The Morgan fingerprint density at radius 2 is 1.95 bits per heavy atom. The summed E-state index contributed by atoms with van der Waals surface area (Å²) in [7, 11) is 0. The minimum absolute atomic E-state index is 0.356. The van der Waals surface area contributed by atoms with Crippen LogP contribution in [-0.4, -0.2) is 9.38 Å². The summed E-state index contributed by atoms with van der Waals surface area (Å²) in [6.07, 6.45) is 0.356. The Labute approximate surface area is 124 Å². The fourth-order valence-electron chi connectivity index (χ4n) is 2.86.